The predicted octanol–water partition coefficient (Wildman–Crippen LogP) is 1.51. The van der Waals surface area contributed by atoms with Gasteiger partial charge in [0.05, 0.1) is 19.8 Å². The summed E-state index contributed by atoms with van der Waals surface area (Å²) in [6, 6.07) is -2.78. The van der Waals surface area contributed by atoms with Crippen LogP contribution in [0.3, 0.4) is 0 Å². The number of carbonyl (C=O) groups is 5. The Bertz CT molecular complexity index is 932. The Balaban J connectivity index is 5.57. The van der Waals surface area contributed by atoms with Crippen molar-refractivity contribution in [1.29, 1.82) is 0 Å². The predicted molar refractivity (Wildman–Crippen MR) is 156 cm³/mol. The van der Waals surface area contributed by atoms with E-state index in [0.29, 0.717) is 24.8 Å². The fraction of sp³-hybridized carbons (Fsp3) is 0.621. The molecule has 0 aromatic carbocycles. The Morgan fingerprint density at radius 1 is 0.975 bits per heavy atom. The summed E-state index contributed by atoms with van der Waals surface area (Å²) >= 11 is 0. The molecular formula is C29H49N5O6. The van der Waals surface area contributed by atoms with Gasteiger partial charge in [-0.3, -0.25) is 24.0 Å². The van der Waals surface area contributed by atoms with E-state index in [0.717, 1.165) is 0 Å². The van der Waals surface area contributed by atoms with Crippen LogP contribution in [-0.4, -0.2) is 110 Å². The van der Waals surface area contributed by atoms with Crippen LogP contribution in [0.15, 0.2) is 37.0 Å². The van der Waals surface area contributed by atoms with Gasteiger partial charge in [0.1, 0.15) is 18.1 Å². The molecule has 0 spiro atoms. The lowest BCUT2D eigenvalue weighted by atomic mass is 10.0. The van der Waals surface area contributed by atoms with Gasteiger partial charge in [0.2, 0.25) is 29.5 Å². The second kappa shape index (κ2) is 18.8. The van der Waals surface area contributed by atoms with Crippen molar-refractivity contribution in [3.63, 3.8) is 0 Å². The number of carbonyl (C=O) groups excluding carboxylic acids is 5. The Hall–Kier alpha value is -3.47. The number of nitrogens with zero attached hydrogens (tertiary/aromatic N) is 3. The number of rotatable bonds is 18. The van der Waals surface area contributed by atoms with Gasteiger partial charge in [0.15, 0.2) is 0 Å². The van der Waals surface area contributed by atoms with E-state index in [1.54, 1.807) is 32.2 Å². The fourth-order valence-electron chi connectivity index (χ4n) is 3.71. The van der Waals surface area contributed by atoms with Crippen LogP contribution >= 0.6 is 0 Å². The molecule has 3 atom stereocenters. The molecule has 5 amide bonds. The zero-order valence-electron chi connectivity index (χ0n) is 25.5. The van der Waals surface area contributed by atoms with Gasteiger partial charge in [-0.2, -0.15) is 0 Å². The Morgan fingerprint density at radius 2 is 1.60 bits per heavy atom. The van der Waals surface area contributed by atoms with Gasteiger partial charge in [-0.15, -0.1) is 0 Å². The van der Waals surface area contributed by atoms with E-state index in [1.807, 2.05) is 20.8 Å². The summed E-state index contributed by atoms with van der Waals surface area (Å²) in [5.41, 5.74) is 0.665. The molecule has 11 nitrogen and oxygen atoms in total. The second-order valence-electron chi connectivity index (χ2n) is 10.2. The summed E-state index contributed by atoms with van der Waals surface area (Å²) < 4.78 is 5.59. The van der Waals surface area contributed by atoms with Crippen LogP contribution in [0.1, 0.15) is 47.0 Å². The van der Waals surface area contributed by atoms with Crippen LogP contribution < -0.4 is 10.6 Å². The van der Waals surface area contributed by atoms with Crippen molar-refractivity contribution in [2.45, 2.75) is 65.1 Å². The SMILES string of the molecule is C=C/C=C\C(=C)COCC(NC(=O)[C@H](CC(C)C)N(C)C(=O)[C@H](C)N(C)C(=O)CN(C)C(=O)CCC)C(=O)NC. The molecule has 0 aliphatic heterocycles. The summed E-state index contributed by atoms with van der Waals surface area (Å²) in [5.74, 6) is -1.91. The van der Waals surface area contributed by atoms with Crippen molar-refractivity contribution < 1.29 is 28.7 Å². The highest BCUT2D eigenvalue weighted by molar-refractivity contribution is 5.94. The number of allylic oxidation sites excluding steroid dienone is 2. The van der Waals surface area contributed by atoms with E-state index in [-0.39, 0.29) is 31.6 Å². The largest absolute Gasteiger partial charge is 0.374 e. The minimum Gasteiger partial charge on any atom is -0.374 e. The molecule has 0 bridgehead atoms. The molecule has 0 radical (unpaired) electrons. The van der Waals surface area contributed by atoms with Crippen LogP contribution in [0.5, 0.6) is 0 Å². The van der Waals surface area contributed by atoms with Gasteiger partial charge < -0.3 is 30.1 Å². The van der Waals surface area contributed by atoms with Crippen molar-refractivity contribution in [2.75, 3.05) is 47.9 Å². The van der Waals surface area contributed by atoms with Gasteiger partial charge >= 0.3 is 0 Å². The van der Waals surface area contributed by atoms with Crippen LogP contribution in [0.2, 0.25) is 0 Å². The average molecular weight is 564 g/mol. The lowest BCUT2D eigenvalue weighted by Crippen LogP contribution is -2.58. The van der Waals surface area contributed by atoms with Gasteiger partial charge in [-0.1, -0.05) is 52.2 Å². The molecule has 11 heteroatoms. The highest BCUT2D eigenvalue weighted by atomic mass is 16.5. The van der Waals surface area contributed by atoms with Crippen molar-refractivity contribution in [1.82, 2.24) is 25.3 Å². The van der Waals surface area contributed by atoms with E-state index in [1.165, 1.54) is 35.8 Å². The normalized spacial score (nSPS) is 13.2. The summed E-state index contributed by atoms with van der Waals surface area (Å²) in [4.78, 5) is 68.0. The molecule has 0 rings (SSSR count). The minimum atomic E-state index is -0.996. The van der Waals surface area contributed by atoms with E-state index < -0.39 is 41.8 Å². The van der Waals surface area contributed by atoms with Gasteiger partial charge in [0, 0.05) is 34.6 Å². The molecule has 0 fully saturated rings. The van der Waals surface area contributed by atoms with E-state index >= 15 is 0 Å². The smallest absolute Gasteiger partial charge is 0.245 e. The van der Waals surface area contributed by atoms with Crippen LogP contribution in [0.4, 0.5) is 0 Å². The average Bonchev–Trinajstić information content (AvgIpc) is 2.91. The zero-order chi connectivity index (χ0) is 31.0. The summed E-state index contributed by atoms with van der Waals surface area (Å²) in [6.45, 7) is 14.6. The van der Waals surface area contributed by atoms with E-state index in [4.69, 9.17) is 4.74 Å². The first-order valence-corrected chi connectivity index (χ1v) is 13.5. The monoisotopic (exact) mass is 563 g/mol. The fourth-order valence-corrected chi connectivity index (χ4v) is 3.71. The molecule has 1 unspecified atom stereocenters. The number of hydrogen-bond acceptors (Lipinski definition) is 6. The number of likely N-dealkylation sites (N-methyl/N-ethyl adjacent to an activating group) is 4. The topological polar surface area (TPSA) is 128 Å². The number of amides is 5. The van der Waals surface area contributed by atoms with Crippen molar-refractivity contribution >= 4 is 29.5 Å². The quantitative estimate of drug-likeness (QED) is 0.243. The number of ether oxygens (including phenoxy) is 1. The molecule has 0 aliphatic carbocycles. The maximum Gasteiger partial charge on any atom is 0.245 e. The first-order chi connectivity index (χ1) is 18.7. The Morgan fingerprint density at radius 3 is 2.12 bits per heavy atom. The molecule has 0 saturated carbocycles. The first-order valence-electron chi connectivity index (χ1n) is 13.5. The highest BCUT2D eigenvalue weighted by Gasteiger charge is 2.34. The van der Waals surface area contributed by atoms with Gasteiger partial charge in [0.25, 0.3) is 0 Å². The van der Waals surface area contributed by atoms with Gasteiger partial charge in [-0.25, -0.2) is 0 Å². The maximum absolute atomic E-state index is 13.4. The molecular weight excluding hydrogens is 514 g/mol. The molecule has 0 aromatic heterocycles. The number of nitrogens with one attached hydrogen (secondary N) is 2. The highest BCUT2D eigenvalue weighted by Crippen LogP contribution is 2.14. The zero-order valence-corrected chi connectivity index (χ0v) is 25.5. The van der Waals surface area contributed by atoms with E-state index in [9.17, 15) is 24.0 Å². The summed E-state index contributed by atoms with van der Waals surface area (Å²) in [5, 5.41) is 5.22. The summed E-state index contributed by atoms with van der Waals surface area (Å²) in [7, 11) is 6.00. The minimum absolute atomic E-state index is 0.0496. The van der Waals surface area contributed by atoms with Crippen molar-refractivity contribution in [3.05, 3.63) is 37.0 Å². The lowest BCUT2D eigenvalue weighted by Gasteiger charge is -2.34. The van der Waals surface area contributed by atoms with Crippen LogP contribution in [0.25, 0.3) is 0 Å². The first kappa shape index (κ1) is 36.5. The third-order valence-electron chi connectivity index (χ3n) is 6.33. The van der Waals surface area contributed by atoms with Crippen molar-refractivity contribution in [2.24, 2.45) is 5.92 Å². The molecule has 0 saturated heterocycles. The second-order valence-corrected chi connectivity index (χ2v) is 10.2. The Kier molecular flexibility index (Phi) is 17.1. The molecule has 0 aromatic rings. The van der Waals surface area contributed by atoms with Gasteiger partial charge in [-0.05, 0) is 31.3 Å². The third kappa shape index (κ3) is 12.6. The number of hydrogen-bond donors (Lipinski definition) is 2. The standard InChI is InChI=1S/C29H49N5O6/c1-11-13-15-21(5)18-40-19-23(27(37)30-7)31-28(38)24(16-20(3)4)34(10)29(39)22(6)33(9)26(36)17-32(8)25(35)14-12-2/h11,13,15,20,22-24H,1,5,12,14,16-19H2,2-4,6-10H3,(H,30,37)(H,31,38)/b15-13-/t22-,23?,24-/m0/s1. The molecule has 226 valence electrons. The van der Waals surface area contributed by atoms with Crippen LogP contribution in [-0.2, 0) is 28.7 Å². The Labute approximate surface area is 239 Å². The molecule has 40 heavy (non-hydrogen) atoms. The van der Waals surface area contributed by atoms with E-state index in [2.05, 4.69) is 23.8 Å². The van der Waals surface area contributed by atoms with Crippen LogP contribution in [0, 0.1) is 5.92 Å². The maximum atomic E-state index is 13.4. The lowest BCUT2D eigenvalue weighted by molar-refractivity contribution is -0.149. The third-order valence-corrected chi connectivity index (χ3v) is 6.33. The van der Waals surface area contributed by atoms with Crippen molar-refractivity contribution in [3.8, 4) is 0 Å². The molecule has 0 aliphatic rings. The molecule has 2 N–H and O–H groups in total. The summed E-state index contributed by atoms with van der Waals surface area (Å²) in [6.07, 6.45) is 6.37. The molecule has 0 heterocycles.